The molecule has 2 aromatic rings. The molecule has 0 fully saturated rings. The molecule has 1 heterocycles. The number of nitrogens with two attached hydrogens (primary N) is 1. The van der Waals surface area contributed by atoms with Crippen molar-refractivity contribution in [1.82, 2.24) is 0 Å². The van der Waals surface area contributed by atoms with Crippen LogP contribution in [0.15, 0.2) is 64.4 Å². The molecule has 0 saturated heterocycles. The number of allylic oxidation sites excluding steroid dienone is 1. The molecule has 2 aromatic carbocycles. The number of sulfone groups is 1. The smallest absolute Gasteiger partial charge is 0.213 e. The third-order valence-electron chi connectivity index (χ3n) is 3.23. The topological polar surface area (TPSA) is 77.2 Å². The van der Waals surface area contributed by atoms with E-state index in [1.54, 1.807) is 42.5 Å². The summed E-state index contributed by atoms with van der Waals surface area (Å²) in [7, 11) is -3.84. The Kier molecular flexibility index (Phi) is 2.72. The summed E-state index contributed by atoms with van der Waals surface area (Å²) in [6, 6.07) is 14.8. The fourth-order valence-electron chi connectivity index (χ4n) is 2.26. The minimum Gasteiger partial charge on any atom is -0.397 e. The lowest BCUT2D eigenvalue weighted by Crippen LogP contribution is -2.11. The summed E-state index contributed by atoms with van der Waals surface area (Å²) in [5.74, 6) is -0.540. The number of hydrogen-bond acceptors (Lipinski definition) is 4. The van der Waals surface area contributed by atoms with Crippen LogP contribution in [0.1, 0.15) is 15.9 Å². The van der Waals surface area contributed by atoms with Crippen LogP contribution in [-0.2, 0) is 9.84 Å². The minimum atomic E-state index is -3.84. The van der Waals surface area contributed by atoms with E-state index in [4.69, 9.17) is 5.73 Å². The molecule has 0 bridgehead atoms. The van der Waals surface area contributed by atoms with Crippen molar-refractivity contribution in [3.8, 4) is 0 Å². The number of ketones is 1. The highest BCUT2D eigenvalue weighted by molar-refractivity contribution is 7.97. The van der Waals surface area contributed by atoms with E-state index in [-0.39, 0.29) is 21.1 Å². The fourth-order valence-corrected chi connectivity index (χ4v) is 3.95. The molecular weight excluding hydrogens is 274 g/mol. The molecule has 0 aromatic heterocycles. The standard InChI is InChI=1S/C15H11NO3S/c16-13(10-6-2-1-3-7-10)15-14(17)11-8-4-5-9-12(11)20(15,18)19/h1-9H,16H2/b15-13+. The number of fused-ring (bicyclic) bond motifs is 1. The van der Waals surface area contributed by atoms with Gasteiger partial charge in [-0.05, 0) is 17.7 Å². The number of carbonyl (C=O) groups is 1. The Labute approximate surface area is 116 Å². The molecule has 100 valence electrons. The molecule has 0 unspecified atom stereocenters. The van der Waals surface area contributed by atoms with Crippen LogP contribution in [0.3, 0.4) is 0 Å². The maximum absolute atomic E-state index is 12.5. The van der Waals surface area contributed by atoms with Crippen LogP contribution >= 0.6 is 0 Å². The number of Topliss-reactive ketones (excluding diaryl/α,β-unsaturated/α-hetero) is 1. The van der Waals surface area contributed by atoms with Gasteiger partial charge in [-0.1, -0.05) is 42.5 Å². The maximum Gasteiger partial charge on any atom is 0.213 e. The summed E-state index contributed by atoms with van der Waals surface area (Å²) in [6.45, 7) is 0. The van der Waals surface area contributed by atoms with Gasteiger partial charge in [0.15, 0.2) is 0 Å². The molecule has 0 saturated carbocycles. The zero-order valence-electron chi connectivity index (χ0n) is 10.4. The van der Waals surface area contributed by atoms with Gasteiger partial charge in [-0.2, -0.15) is 0 Å². The van der Waals surface area contributed by atoms with Gasteiger partial charge in [0.05, 0.1) is 10.6 Å². The Morgan fingerprint density at radius 2 is 1.50 bits per heavy atom. The predicted octanol–water partition coefficient (Wildman–Crippen LogP) is 1.98. The maximum atomic E-state index is 12.5. The third-order valence-corrected chi connectivity index (χ3v) is 5.10. The van der Waals surface area contributed by atoms with Crippen LogP contribution in [0.4, 0.5) is 0 Å². The summed E-state index contributed by atoms with van der Waals surface area (Å²) in [5.41, 5.74) is 6.62. The van der Waals surface area contributed by atoms with Crippen molar-refractivity contribution in [1.29, 1.82) is 0 Å². The monoisotopic (exact) mass is 285 g/mol. The average Bonchev–Trinajstić information content (AvgIpc) is 2.67. The van der Waals surface area contributed by atoms with E-state index in [9.17, 15) is 13.2 Å². The molecule has 20 heavy (non-hydrogen) atoms. The van der Waals surface area contributed by atoms with Crippen LogP contribution in [-0.4, -0.2) is 14.2 Å². The van der Waals surface area contributed by atoms with Gasteiger partial charge in [-0.25, -0.2) is 8.42 Å². The molecule has 3 rings (SSSR count). The van der Waals surface area contributed by atoms with E-state index >= 15 is 0 Å². The van der Waals surface area contributed by atoms with Crippen molar-refractivity contribution in [2.45, 2.75) is 4.90 Å². The second-order valence-electron chi connectivity index (χ2n) is 4.44. The highest BCUT2D eigenvalue weighted by Gasteiger charge is 2.40. The van der Waals surface area contributed by atoms with E-state index in [2.05, 4.69) is 0 Å². The predicted molar refractivity (Wildman–Crippen MR) is 75.5 cm³/mol. The third kappa shape index (κ3) is 1.67. The van der Waals surface area contributed by atoms with Gasteiger partial charge in [0, 0.05) is 5.56 Å². The quantitative estimate of drug-likeness (QED) is 0.813. The zero-order chi connectivity index (χ0) is 14.3. The Morgan fingerprint density at radius 1 is 0.900 bits per heavy atom. The lowest BCUT2D eigenvalue weighted by atomic mass is 10.1. The molecule has 0 radical (unpaired) electrons. The van der Waals surface area contributed by atoms with Crippen LogP contribution in [0.5, 0.6) is 0 Å². The summed E-state index contributed by atoms with van der Waals surface area (Å²) in [6.07, 6.45) is 0. The lowest BCUT2D eigenvalue weighted by Gasteiger charge is -2.05. The molecule has 0 amide bonds. The lowest BCUT2D eigenvalue weighted by molar-refractivity contribution is 0.104. The van der Waals surface area contributed by atoms with E-state index in [0.29, 0.717) is 5.56 Å². The second kappa shape index (κ2) is 4.31. The molecule has 2 N–H and O–H groups in total. The van der Waals surface area contributed by atoms with Gasteiger partial charge in [0.25, 0.3) is 0 Å². The SMILES string of the molecule is N/C(=C1\C(=O)c2ccccc2S1(=O)=O)c1ccccc1. The van der Waals surface area contributed by atoms with Crippen molar-refractivity contribution in [2.75, 3.05) is 0 Å². The summed E-state index contributed by atoms with van der Waals surface area (Å²) in [5, 5.41) is 0. The van der Waals surface area contributed by atoms with E-state index in [1.807, 2.05) is 0 Å². The largest absolute Gasteiger partial charge is 0.397 e. The van der Waals surface area contributed by atoms with Gasteiger partial charge in [0.2, 0.25) is 15.6 Å². The molecule has 0 aliphatic carbocycles. The number of rotatable bonds is 1. The van der Waals surface area contributed by atoms with Gasteiger partial charge in [0.1, 0.15) is 4.91 Å². The number of benzene rings is 2. The first-order valence-electron chi connectivity index (χ1n) is 5.97. The number of carbonyl (C=O) groups excluding carboxylic acids is 1. The van der Waals surface area contributed by atoms with E-state index in [0.717, 1.165) is 0 Å². The average molecular weight is 285 g/mol. The van der Waals surface area contributed by atoms with Crippen molar-refractivity contribution >= 4 is 21.3 Å². The molecule has 0 spiro atoms. The molecule has 5 heteroatoms. The summed E-state index contributed by atoms with van der Waals surface area (Å²) in [4.78, 5) is 12.0. The normalized spacial score (nSPS) is 18.7. The Bertz CT molecular complexity index is 836. The molecule has 0 atom stereocenters. The Morgan fingerprint density at radius 3 is 2.15 bits per heavy atom. The van der Waals surface area contributed by atoms with Crippen molar-refractivity contribution in [3.05, 3.63) is 70.6 Å². The first-order chi connectivity index (χ1) is 9.53. The van der Waals surface area contributed by atoms with Crippen molar-refractivity contribution in [3.63, 3.8) is 0 Å². The van der Waals surface area contributed by atoms with Crippen LogP contribution < -0.4 is 5.73 Å². The van der Waals surface area contributed by atoms with Gasteiger partial charge in [-0.15, -0.1) is 0 Å². The van der Waals surface area contributed by atoms with Crippen molar-refractivity contribution in [2.24, 2.45) is 5.73 Å². The summed E-state index contributed by atoms with van der Waals surface area (Å²) < 4.78 is 24.9. The highest BCUT2D eigenvalue weighted by Crippen LogP contribution is 2.36. The van der Waals surface area contributed by atoms with Crippen LogP contribution in [0.25, 0.3) is 5.70 Å². The first-order valence-corrected chi connectivity index (χ1v) is 7.46. The van der Waals surface area contributed by atoms with Crippen LogP contribution in [0, 0.1) is 0 Å². The highest BCUT2D eigenvalue weighted by atomic mass is 32.2. The Hall–Kier alpha value is -2.40. The summed E-state index contributed by atoms with van der Waals surface area (Å²) >= 11 is 0. The molecular formula is C15H11NO3S. The molecule has 1 aliphatic rings. The van der Waals surface area contributed by atoms with E-state index in [1.165, 1.54) is 12.1 Å². The fraction of sp³-hybridized carbons (Fsp3) is 0. The second-order valence-corrected chi connectivity index (χ2v) is 6.29. The van der Waals surface area contributed by atoms with Crippen molar-refractivity contribution < 1.29 is 13.2 Å². The van der Waals surface area contributed by atoms with Gasteiger partial charge in [-0.3, -0.25) is 4.79 Å². The molecule has 4 nitrogen and oxygen atoms in total. The zero-order valence-corrected chi connectivity index (χ0v) is 11.2. The molecule has 1 aliphatic heterocycles. The minimum absolute atomic E-state index is 0.00759. The number of hydrogen-bond donors (Lipinski definition) is 1. The Balaban J connectivity index is 2.31. The van der Waals surface area contributed by atoms with Crippen LogP contribution in [0.2, 0.25) is 0 Å². The van der Waals surface area contributed by atoms with E-state index < -0.39 is 15.6 Å². The van der Waals surface area contributed by atoms with Gasteiger partial charge >= 0.3 is 0 Å². The van der Waals surface area contributed by atoms with Gasteiger partial charge < -0.3 is 5.73 Å². The first kappa shape index (κ1) is 12.6.